The van der Waals surface area contributed by atoms with Crippen molar-refractivity contribution in [3.8, 4) is 0 Å². The van der Waals surface area contributed by atoms with Crippen LogP contribution in [0.1, 0.15) is 57.8 Å². The summed E-state index contributed by atoms with van der Waals surface area (Å²) in [7, 11) is 1.87. The summed E-state index contributed by atoms with van der Waals surface area (Å²) in [6, 6.07) is 0. The second-order valence-corrected chi connectivity index (χ2v) is 6.01. The molecule has 0 aromatic carbocycles. The van der Waals surface area contributed by atoms with Crippen molar-refractivity contribution < 1.29 is 9.90 Å². The number of rotatable bonds is 5. The fourth-order valence-corrected chi connectivity index (χ4v) is 2.71. The van der Waals surface area contributed by atoms with Crippen molar-refractivity contribution in [1.82, 2.24) is 4.90 Å². The van der Waals surface area contributed by atoms with Crippen molar-refractivity contribution in [3.05, 3.63) is 0 Å². The Morgan fingerprint density at radius 3 is 2.53 bits per heavy atom. The maximum Gasteiger partial charge on any atom is 0.225 e. The number of nitrogens with zero attached hydrogens (tertiary/aromatic N) is 1. The number of amides is 1. The molecule has 0 aromatic heterocycles. The van der Waals surface area contributed by atoms with Gasteiger partial charge in [-0.05, 0) is 25.2 Å². The Labute approximate surface area is 104 Å². The molecule has 2 rings (SSSR count). The zero-order chi connectivity index (χ0) is 12.3. The first-order valence-corrected chi connectivity index (χ1v) is 7.05. The van der Waals surface area contributed by atoms with Crippen LogP contribution in [0.5, 0.6) is 0 Å². The van der Waals surface area contributed by atoms with Crippen molar-refractivity contribution in [2.45, 2.75) is 63.4 Å². The summed E-state index contributed by atoms with van der Waals surface area (Å²) in [6.07, 6.45) is 9.08. The second kappa shape index (κ2) is 5.38. The van der Waals surface area contributed by atoms with Gasteiger partial charge in [0.05, 0.1) is 12.0 Å². The summed E-state index contributed by atoms with van der Waals surface area (Å²) in [5.41, 5.74) is -0.705. The standard InChI is InChI=1S/C14H25NO2/c1-15(10-7-12-5-6-12)13(16)11-14(17)8-3-2-4-9-14/h12,17H,2-11H2,1H3. The second-order valence-electron chi connectivity index (χ2n) is 6.01. The zero-order valence-electron chi connectivity index (χ0n) is 11.0. The van der Waals surface area contributed by atoms with E-state index in [4.69, 9.17) is 0 Å². The highest BCUT2D eigenvalue weighted by Gasteiger charge is 2.33. The molecule has 3 nitrogen and oxygen atoms in total. The summed E-state index contributed by atoms with van der Waals surface area (Å²) in [5.74, 6) is 0.984. The highest BCUT2D eigenvalue weighted by atomic mass is 16.3. The third-order valence-corrected chi connectivity index (χ3v) is 4.26. The Hall–Kier alpha value is -0.570. The van der Waals surface area contributed by atoms with E-state index in [0.29, 0.717) is 6.42 Å². The maximum absolute atomic E-state index is 12.0. The van der Waals surface area contributed by atoms with Crippen molar-refractivity contribution in [3.63, 3.8) is 0 Å². The van der Waals surface area contributed by atoms with E-state index >= 15 is 0 Å². The Morgan fingerprint density at radius 2 is 1.94 bits per heavy atom. The van der Waals surface area contributed by atoms with Gasteiger partial charge in [0.2, 0.25) is 5.91 Å². The van der Waals surface area contributed by atoms with E-state index in [0.717, 1.165) is 44.6 Å². The quantitative estimate of drug-likeness (QED) is 0.800. The molecular weight excluding hydrogens is 214 g/mol. The highest BCUT2D eigenvalue weighted by Crippen LogP contribution is 2.33. The summed E-state index contributed by atoms with van der Waals surface area (Å²) in [6.45, 7) is 0.861. The van der Waals surface area contributed by atoms with E-state index in [1.807, 2.05) is 11.9 Å². The predicted molar refractivity (Wildman–Crippen MR) is 67.6 cm³/mol. The Kier molecular flexibility index (Phi) is 4.08. The molecule has 2 aliphatic carbocycles. The van der Waals surface area contributed by atoms with Gasteiger partial charge in [-0.3, -0.25) is 4.79 Å². The van der Waals surface area contributed by atoms with Gasteiger partial charge in [0, 0.05) is 13.6 Å². The van der Waals surface area contributed by atoms with Crippen molar-refractivity contribution in [2.24, 2.45) is 5.92 Å². The molecule has 0 aromatic rings. The topological polar surface area (TPSA) is 40.5 Å². The number of carbonyl (C=O) groups is 1. The molecule has 2 fully saturated rings. The fourth-order valence-electron chi connectivity index (χ4n) is 2.71. The zero-order valence-corrected chi connectivity index (χ0v) is 11.0. The lowest BCUT2D eigenvalue weighted by atomic mass is 9.82. The third kappa shape index (κ3) is 3.98. The van der Waals surface area contributed by atoms with E-state index in [1.165, 1.54) is 19.3 Å². The van der Waals surface area contributed by atoms with Gasteiger partial charge >= 0.3 is 0 Å². The minimum absolute atomic E-state index is 0.120. The van der Waals surface area contributed by atoms with Crippen LogP contribution in [0.4, 0.5) is 0 Å². The van der Waals surface area contributed by atoms with Gasteiger partial charge in [-0.15, -0.1) is 0 Å². The van der Waals surface area contributed by atoms with Gasteiger partial charge in [-0.25, -0.2) is 0 Å². The van der Waals surface area contributed by atoms with Crippen molar-refractivity contribution >= 4 is 5.91 Å². The van der Waals surface area contributed by atoms with Crippen LogP contribution in [-0.4, -0.2) is 35.1 Å². The van der Waals surface area contributed by atoms with E-state index < -0.39 is 5.60 Å². The molecule has 0 aliphatic heterocycles. The van der Waals surface area contributed by atoms with Gasteiger partial charge in [-0.2, -0.15) is 0 Å². The van der Waals surface area contributed by atoms with E-state index in [-0.39, 0.29) is 5.91 Å². The molecule has 0 atom stereocenters. The molecular formula is C14H25NO2. The van der Waals surface area contributed by atoms with Crippen LogP contribution in [-0.2, 0) is 4.79 Å². The van der Waals surface area contributed by atoms with Crippen molar-refractivity contribution in [2.75, 3.05) is 13.6 Å². The maximum atomic E-state index is 12.0. The summed E-state index contributed by atoms with van der Waals surface area (Å²) < 4.78 is 0. The van der Waals surface area contributed by atoms with Crippen LogP contribution in [0, 0.1) is 5.92 Å². The van der Waals surface area contributed by atoms with Gasteiger partial charge < -0.3 is 10.0 Å². The van der Waals surface area contributed by atoms with Gasteiger partial charge in [-0.1, -0.05) is 32.1 Å². The first-order chi connectivity index (χ1) is 8.09. The number of hydrogen-bond donors (Lipinski definition) is 1. The summed E-state index contributed by atoms with van der Waals surface area (Å²) in [5, 5.41) is 10.3. The third-order valence-electron chi connectivity index (χ3n) is 4.26. The monoisotopic (exact) mass is 239 g/mol. The van der Waals surface area contributed by atoms with Gasteiger partial charge in [0.25, 0.3) is 0 Å². The summed E-state index contributed by atoms with van der Waals surface area (Å²) >= 11 is 0. The van der Waals surface area contributed by atoms with E-state index in [1.54, 1.807) is 0 Å². The molecule has 0 heterocycles. The van der Waals surface area contributed by atoms with Crippen LogP contribution in [0.15, 0.2) is 0 Å². The molecule has 0 spiro atoms. The number of carbonyl (C=O) groups excluding carboxylic acids is 1. The van der Waals surface area contributed by atoms with Crippen LogP contribution >= 0.6 is 0 Å². The van der Waals surface area contributed by atoms with Crippen molar-refractivity contribution in [1.29, 1.82) is 0 Å². The lowest BCUT2D eigenvalue weighted by Crippen LogP contribution is -2.39. The average molecular weight is 239 g/mol. The first kappa shape index (κ1) is 12.9. The normalized spacial score (nSPS) is 23.4. The van der Waals surface area contributed by atoms with E-state index in [2.05, 4.69) is 0 Å². The van der Waals surface area contributed by atoms with Gasteiger partial charge in [0.15, 0.2) is 0 Å². The molecule has 0 saturated heterocycles. The largest absolute Gasteiger partial charge is 0.389 e. The average Bonchev–Trinajstić information content (AvgIpc) is 3.10. The smallest absolute Gasteiger partial charge is 0.225 e. The Balaban J connectivity index is 1.73. The van der Waals surface area contributed by atoms with Crippen LogP contribution in [0.3, 0.4) is 0 Å². The van der Waals surface area contributed by atoms with Crippen LogP contribution in [0.25, 0.3) is 0 Å². The Morgan fingerprint density at radius 1 is 1.29 bits per heavy atom. The minimum Gasteiger partial charge on any atom is -0.389 e. The van der Waals surface area contributed by atoms with Crippen LogP contribution < -0.4 is 0 Å². The minimum atomic E-state index is -0.705. The molecule has 0 bridgehead atoms. The SMILES string of the molecule is CN(CCC1CC1)C(=O)CC1(O)CCCCC1. The lowest BCUT2D eigenvalue weighted by molar-refractivity contribution is -0.136. The first-order valence-electron chi connectivity index (χ1n) is 7.05. The molecule has 0 unspecified atom stereocenters. The van der Waals surface area contributed by atoms with Crippen LogP contribution in [0.2, 0.25) is 0 Å². The molecule has 2 saturated carbocycles. The fraction of sp³-hybridized carbons (Fsp3) is 0.929. The van der Waals surface area contributed by atoms with Gasteiger partial charge in [0.1, 0.15) is 0 Å². The summed E-state index contributed by atoms with van der Waals surface area (Å²) in [4.78, 5) is 13.8. The molecule has 1 N–H and O–H groups in total. The lowest BCUT2D eigenvalue weighted by Gasteiger charge is -2.32. The molecule has 1 amide bonds. The predicted octanol–water partition coefficient (Wildman–Crippen LogP) is 2.33. The molecule has 3 heteroatoms. The number of hydrogen-bond acceptors (Lipinski definition) is 2. The Bertz CT molecular complexity index is 267. The number of aliphatic hydroxyl groups is 1. The molecule has 2 aliphatic rings. The molecule has 0 radical (unpaired) electrons. The molecule has 17 heavy (non-hydrogen) atoms. The van der Waals surface area contributed by atoms with E-state index in [9.17, 15) is 9.90 Å². The highest BCUT2D eigenvalue weighted by molar-refractivity contribution is 5.77. The molecule has 98 valence electrons.